The Morgan fingerprint density at radius 3 is 1.85 bits per heavy atom. The zero-order valence-corrected chi connectivity index (χ0v) is 9.30. The Morgan fingerprint density at radius 1 is 0.923 bits per heavy atom. The van der Waals surface area contributed by atoms with E-state index in [1.165, 1.54) is 0 Å². The normalized spacial score (nSPS) is 15.4. The van der Waals surface area contributed by atoms with E-state index in [0.717, 1.165) is 0 Å². The Hall–Kier alpha value is -1.04. The van der Waals surface area contributed by atoms with Crippen LogP contribution in [0, 0.1) is 0 Å². The monoisotopic (exact) mass is 284 g/mol. The van der Waals surface area contributed by atoms with E-state index < -0.39 is 33.9 Å². The summed E-state index contributed by atoms with van der Waals surface area (Å²) in [6.45, 7) is 0. The van der Waals surface area contributed by atoms with Crippen molar-refractivity contribution in [2.75, 3.05) is 0 Å². The Labute approximate surface area is 85.1 Å². The molecule has 0 fully saturated rings. The van der Waals surface area contributed by atoms with Gasteiger partial charge < -0.3 is 0 Å². The van der Waals surface area contributed by atoms with Crippen molar-refractivity contribution in [3.8, 4) is 0 Å². The second kappa shape index (κ2) is 3.37. The molecule has 5 heteroatoms. The summed E-state index contributed by atoms with van der Waals surface area (Å²) in [5, 5.41) is 0. The van der Waals surface area contributed by atoms with E-state index in [1.807, 2.05) is 0 Å². The Balaban J connectivity index is 2.57. The minimum absolute atomic E-state index is 0.297. The van der Waals surface area contributed by atoms with Crippen molar-refractivity contribution in [2.24, 2.45) is 0 Å². The quantitative estimate of drug-likeness (QED) is 0.652. The first-order valence-electron chi connectivity index (χ1n) is 3.55. The number of fused-ring (bicyclic) bond motifs is 1. The predicted octanol–water partition coefficient (Wildman–Crippen LogP) is 0.548. The molecule has 1 aromatic rings. The fourth-order valence-corrected chi connectivity index (χ4v) is 2.22. The summed E-state index contributed by atoms with van der Waals surface area (Å²) in [4.78, 5) is 22.5. The van der Waals surface area contributed by atoms with E-state index >= 15 is 0 Å². The van der Waals surface area contributed by atoms with Gasteiger partial charge in [-0.15, -0.1) is 0 Å². The van der Waals surface area contributed by atoms with Crippen molar-refractivity contribution in [3.05, 3.63) is 35.4 Å². The Kier molecular flexibility index (Phi) is 2.22. The van der Waals surface area contributed by atoms with Crippen LogP contribution >= 0.6 is 0 Å². The van der Waals surface area contributed by atoms with E-state index in [1.54, 1.807) is 24.3 Å². The van der Waals surface area contributed by atoms with E-state index in [4.69, 9.17) is 6.15 Å². The van der Waals surface area contributed by atoms with Crippen LogP contribution in [0.4, 0.5) is 0 Å². The third-order valence-electron chi connectivity index (χ3n) is 1.64. The number of rotatable bonds is 0. The van der Waals surface area contributed by atoms with Gasteiger partial charge in [-0.3, -0.25) is 0 Å². The third kappa shape index (κ3) is 1.53. The number of hydrogen-bond acceptors (Lipinski definition) is 4. The van der Waals surface area contributed by atoms with Crippen molar-refractivity contribution >= 4 is 33.9 Å². The maximum absolute atomic E-state index is 11.2. The van der Waals surface area contributed by atoms with Crippen molar-refractivity contribution in [3.63, 3.8) is 0 Å². The molecule has 0 unspecified atom stereocenters. The first-order chi connectivity index (χ1) is 6.29. The van der Waals surface area contributed by atoms with Gasteiger partial charge in [0.1, 0.15) is 0 Å². The average molecular weight is 283 g/mol. The van der Waals surface area contributed by atoms with Crippen molar-refractivity contribution < 1.29 is 15.7 Å². The first-order valence-corrected chi connectivity index (χ1v) is 5.88. The van der Waals surface area contributed by atoms with Gasteiger partial charge in [0.2, 0.25) is 0 Å². The summed E-state index contributed by atoms with van der Waals surface area (Å²) in [5.41, 5.74) is 0.594. The van der Waals surface area contributed by atoms with Crippen LogP contribution in [0.15, 0.2) is 24.3 Å². The molecule has 0 saturated carbocycles. The molecule has 2 rings (SSSR count). The van der Waals surface area contributed by atoms with Crippen LogP contribution in [-0.2, 0) is 6.15 Å². The van der Waals surface area contributed by atoms with Crippen LogP contribution in [0.25, 0.3) is 0 Å². The zero-order chi connectivity index (χ0) is 9.26. The molecule has 13 heavy (non-hydrogen) atoms. The molecule has 64 valence electrons. The molecule has 0 spiro atoms. The summed E-state index contributed by atoms with van der Waals surface area (Å²) in [6.07, 6.45) is 0. The summed E-state index contributed by atoms with van der Waals surface area (Å²) >= 11 is -1.75. The van der Waals surface area contributed by atoms with E-state index in [9.17, 15) is 9.59 Å². The van der Waals surface area contributed by atoms with Crippen LogP contribution in [0.1, 0.15) is 20.7 Å². The van der Waals surface area contributed by atoms with Crippen molar-refractivity contribution in [2.45, 2.75) is 0 Å². The predicted molar refractivity (Wildman–Crippen MR) is 43.0 cm³/mol. The fraction of sp³-hybridized carbons (Fsp3) is 0. The van der Waals surface area contributed by atoms with Crippen LogP contribution in [0.2, 0.25) is 0 Å². The number of carbonyl (C=O) groups is 2. The molecular weight excluding hydrogens is 279 g/mol. The molecule has 0 bridgehead atoms. The van der Waals surface area contributed by atoms with Gasteiger partial charge in [0.15, 0.2) is 0 Å². The number of benzene rings is 1. The molecule has 0 aliphatic carbocycles. The molecule has 0 atom stereocenters. The summed E-state index contributed by atoms with van der Waals surface area (Å²) < 4.78 is 9.58. The van der Waals surface area contributed by atoms with Gasteiger partial charge in [0, 0.05) is 0 Å². The summed E-state index contributed by atoms with van der Waals surface area (Å²) in [7, 11) is 0. The zero-order valence-electron chi connectivity index (χ0n) is 6.44. The summed E-state index contributed by atoms with van der Waals surface area (Å²) in [5.74, 6) is -0.902. The van der Waals surface area contributed by atoms with E-state index in [0.29, 0.717) is 11.1 Å². The topological polar surface area (TPSA) is 52.6 Å². The average Bonchev–Trinajstić information content (AvgIpc) is 2.29. The number of carbonyl (C=O) groups excluding carboxylic acids is 2. The Bertz CT molecular complexity index is 339. The summed E-state index contributed by atoms with van der Waals surface area (Å²) in [6, 6.07) is 6.49. The Morgan fingerprint density at radius 2 is 1.38 bits per heavy atom. The van der Waals surface area contributed by atoms with Gasteiger partial charge in [-0.2, -0.15) is 0 Å². The van der Waals surface area contributed by atoms with Crippen LogP contribution in [0.3, 0.4) is 0 Å². The van der Waals surface area contributed by atoms with Crippen molar-refractivity contribution in [1.29, 1.82) is 0 Å². The molecule has 1 aromatic carbocycles. The molecule has 1 heterocycles. The molecular formula is C8H4O4Sn. The maximum atomic E-state index is 11.2. The van der Waals surface area contributed by atoms with Crippen LogP contribution in [-0.4, -0.2) is 33.9 Å². The second-order valence-electron chi connectivity index (χ2n) is 2.41. The molecule has 0 amide bonds. The van der Waals surface area contributed by atoms with Gasteiger partial charge in [0.05, 0.1) is 0 Å². The van der Waals surface area contributed by atoms with E-state index in [-0.39, 0.29) is 0 Å². The van der Waals surface area contributed by atoms with Gasteiger partial charge in [-0.25, -0.2) is 0 Å². The van der Waals surface area contributed by atoms with Gasteiger partial charge in [-0.1, -0.05) is 0 Å². The van der Waals surface area contributed by atoms with E-state index in [2.05, 4.69) is 0 Å². The van der Waals surface area contributed by atoms with Crippen molar-refractivity contribution in [1.82, 2.24) is 0 Å². The van der Waals surface area contributed by atoms with Gasteiger partial charge >= 0.3 is 85.0 Å². The SMILES string of the molecule is O=C1[O][Sn][O]C(=O)c2ccccc21. The number of hydrogen-bond donors (Lipinski definition) is 0. The van der Waals surface area contributed by atoms with Crippen LogP contribution < -0.4 is 0 Å². The van der Waals surface area contributed by atoms with Crippen LogP contribution in [0.5, 0.6) is 0 Å². The van der Waals surface area contributed by atoms with Gasteiger partial charge in [-0.05, 0) is 0 Å². The van der Waals surface area contributed by atoms with Gasteiger partial charge in [0.25, 0.3) is 0 Å². The standard InChI is InChI=1S/C8H6O4.Sn/c9-7(10)5-3-1-2-4-6(5)8(11)12;/h1-4H,(H,9,10)(H,11,12);/q;+2/p-2. The molecule has 1 aliphatic heterocycles. The molecule has 0 saturated heterocycles. The molecule has 4 nitrogen and oxygen atoms in total. The molecule has 1 aliphatic rings. The fourth-order valence-electron chi connectivity index (χ4n) is 1.05. The first kappa shape index (κ1) is 8.55. The minimum atomic E-state index is -1.75. The molecule has 0 N–H and O–H groups in total. The third-order valence-corrected chi connectivity index (χ3v) is 3.17. The second-order valence-corrected chi connectivity index (χ2v) is 4.05. The molecule has 0 aromatic heterocycles. The molecule has 2 radical (unpaired) electrons.